The molecule has 3 nitrogen and oxygen atoms in total. The van der Waals surface area contributed by atoms with E-state index in [0.29, 0.717) is 6.47 Å². The van der Waals surface area contributed by atoms with Gasteiger partial charge in [-0.25, -0.2) is 0 Å². The maximum Gasteiger partial charge on any atom is 0.293 e. The summed E-state index contributed by atoms with van der Waals surface area (Å²) in [6.07, 6.45) is 2.58. The van der Waals surface area contributed by atoms with Crippen molar-refractivity contribution in [3.8, 4) is 0 Å². The number of rotatable bonds is 1. The molecule has 1 fully saturated rings. The first-order valence-electron chi connectivity index (χ1n) is 4.92. The summed E-state index contributed by atoms with van der Waals surface area (Å²) in [6, 6.07) is 0. The Bertz CT molecular complexity index is 151. The third-order valence-electron chi connectivity index (χ3n) is 1.67. The molecule has 14 heavy (non-hydrogen) atoms. The molecule has 1 aliphatic heterocycles. The normalized spacial score (nSPS) is 18.0. The van der Waals surface area contributed by atoms with Crippen LogP contribution in [-0.4, -0.2) is 30.0 Å². The fourth-order valence-corrected chi connectivity index (χ4v) is 1.39. The molecule has 1 rings (SSSR count). The van der Waals surface area contributed by atoms with Crippen LogP contribution < -0.4 is 5.32 Å². The van der Waals surface area contributed by atoms with Crippen molar-refractivity contribution in [3.05, 3.63) is 0 Å². The minimum Gasteiger partial charge on any atom is -0.462 e. The molecule has 0 aromatic carbocycles. The minimum atomic E-state index is -0.318. The lowest BCUT2D eigenvalue weighted by atomic mass is 10.2. The monoisotopic (exact) mass is 265 g/mol. The molecule has 1 N–H and O–H groups in total. The van der Waals surface area contributed by atoms with E-state index in [0.717, 1.165) is 4.83 Å². The van der Waals surface area contributed by atoms with Crippen LogP contribution in [0.3, 0.4) is 0 Å². The fraction of sp³-hybridized carbons (Fsp3) is 0.900. The Morgan fingerprint density at radius 1 is 1.36 bits per heavy atom. The molecule has 0 amide bonds. The zero-order chi connectivity index (χ0) is 11.0. The summed E-state index contributed by atoms with van der Waals surface area (Å²) >= 11 is 3.55. The molecular weight excluding hydrogens is 246 g/mol. The van der Waals surface area contributed by atoms with Crippen molar-refractivity contribution >= 4 is 22.4 Å². The van der Waals surface area contributed by atoms with Crippen molar-refractivity contribution in [3.63, 3.8) is 0 Å². The van der Waals surface area contributed by atoms with Gasteiger partial charge in [0.15, 0.2) is 0 Å². The van der Waals surface area contributed by atoms with Crippen LogP contribution in [0.1, 0.15) is 33.6 Å². The van der Waals surface area contributed by atoms with E-state index in [-0.39, 0.29) is 5.60 Å². The predicted octanol–water partition coefficient (Wildman–Crippen LogP) is 2.09. The van der Waals surface area contributed by atoms with E-state index < -0.39 is 0 Å². The molecule has 1 saturated heterocycles. The Hall–Kier alpha value is -0.0900. The van der Waals surface area contributed by atoms with Gasteiger partial charge < -0.3 is 10.1 Å². The quantitative estimate of drug-likeness (QED) is 0.583. The van der Waals surface area contributed by atoms with Gasteiger partial charge in [-0.2, -0.15) is 0 Å². The van der Waals surface area contributed by atoms with Crippen LogP contribution in [-0.2, 0) is 9.53 Å². The Morgan fingerprint density at radius 2 is 1.86 bits per heavy atom. The zero-order valence-electron chi connectivity index (χ0n) is 9.18. The summed E-state index contributed by atoms with van der Waals surface area (Å²) < 4.78 is 4.55. The van der Waals surface area contributed by atoms with E-state index in [1.165, 1.54) is 25.9 Å². The van der Waals surface area contributed by atoms with Gasteiger partial charge in [-0.1, -0.05) is 15.9 Å². The number of carbonyl (C=O) groups is 1. The lowest BCUT2D eigenvalue weighted by Crippen LogP contribution is -2.27. The third kappa shape index (κ3) is 9.99. The van der Waals surface area contributed by atoms with Crippen molar-refractivity contribution < 1.29 is 9.53 Å². The van der Waals surface area contributed by atoms with E-state index in [1.807, 2.05) is 20.8 Å². The highest BCUT2D eigenvalue weighted by Gasteiger charge is 2.07. The number of nitrogens with one attached hydrogen (secondary N) is 1. The average Bonchev–Trinajstić information content (AvgIpc) is 2.04. The van der Waals surface area contributed by atoms with Gasteiger partial charge in [0.2, 0.25) is 0 Å². The van der Waals surface area contributed by atoms with Crippen LogP contribution in [0, 0.1) is 0 Å². The smallest absolute Gasteiger partial charge is 0.293 e. The molecule has 1 aliphatic rings. The van der Waals surface area contributed by atoms with E-state index in [9.17, 15) is 4.79 Å². The second-order valence-corrected chi connectivity index (χ2v) is 5.55. The third-order valence-corrected chi connectivity index (χ3v) is 2.59. The summed E-state index contributed by atoms with van der Waals surface area (Å²) in [5.41, 5.74) is -0.318. The molecule has 0 radical (unpaired) electrons. The van der Waals surface area contributed by atoms with Crippen LogP contribution >= 0.6 is 15.9 Å². The molecule has 0 unspecified atom stereocenters. The molecule has 0 aromatic rings. The van der Waals surface area contributed by atoms with E-state index >= 15 is 0 Å². The molecule has 4 heteroatoms. The summed E-state index contributed by atoms with van der Waals surface area (Å²) in [6.45, 7) is 8.30. The lowest BCUT2D eigenvalue weighted by molar-refractivity contribution is -0.138. The molecular formula is C10H20BrNO2. The Morgan fingerprint density at radius 3 is 2.00 bits per heavy atom. The summed E-state index contributed by atoms with van der Waals surface area (Å²) in [7, 11) is 0. The summed E-state index contributed by atoms with van der Waals surface area (Å²) in [5, 5.41) is 3.29. The number of ether oxygens (including phenoxy) is 1. The van der Waals surface area contributed by atoms with Crippen molar-refractivity contribution in [1.82, 2.24) is 5.32 Å². The van der Waals surface area contributed by atoms with Crippen LogP contribution in [0.15, 0.2) is 0 Å². The van der Waals surface area contributed by atoms with E-state index in [4.69, 9.17) is 0 Å². The van der Waals surface area contributed by atoms with Crippen LogP contribution in [0.5, 0.6) is 0 Å². The Kier molecular flexibility index (Phi) is 7.19. The van der Waals surface area contributed by atoms with Gasteiger partial charge in [-0.05, 0) is 46.7 Å². The highest BCUT2D eigenvalue weighted by atomic mass is 79.9. The van der Waals surface area contributed by atoms with Gasteiger partial charge in [0, 0.05) is 4.83 Å². The summed E-state index contributed by atoms with van der Waals surface area (Å²) in [5.74, 6) is 0. The SMILES string of the molecule is BrC1CCNCC1.CC(C)(C)OC=O. The second-order valence-electron chi connectivity index (χ2n) is 4.25. The van der Waals surface area contributed by atoms with Gasteiger partial charge in [-0.15, -0.1) is 0 Å². The largest absolute Gasteiger partial charge is 0.462 e. The van der Waals surface area contributed by atoms with Crippen LogP contribution in [0.25, 0.3) is 0 Å². The van der Waals surface area contributed by atoms with Crippen molar-refractivity contribution in [2.45, 2.75) is 44.0 Å². The molecule has 0 bridgehead atoms. The van der Waals surface area contributed by atoms with Crippen molar-refractivity contribution in [2.75, 3.05) is 13.1 Å². The number of halogens is 1. The molecule has 84 valence electrons. The Labute approximate surface area is 94.7 Å². The molecule has 0 aliphatic carbocycles. The molecule has 0 spiro atoms. The molecule has 0 aromatic heterocycles. The molecule has 0 saturated carbocycles. The number of alkyl halides is 1. The van der Waals surface area contributed by atoms with Gasteiger partial charge in [0.05, 0.1) is 0 Å². The van der Waals surface area contributed by atoms with E-state index in [1.54, 1.807) is 0 Å². The summed E-state index contributed by atoms with van der Waals surface area (Å²) in [4.78, 5) is 10.4. The lowest BCUT2D eigenvalue weighted by Gasteiger charge is -2.15. The first-order chi connectivity index (χ1) is 6.45. The van der Waals surface area contributed by atoms with Gasteiger partial charge in [0.25, 0.3) is 6.47 Å². The van der Waals surface area contributed by atoms with Crippen molar-refractivity contribution in [2.24, 2.45) is 0 Å². The highest BCUT2D eigenvalue weighted by molar-refractivity contribution is 9.09. The zero-order valence-corrected chi connectivity index (χ0v) is 10.8. The second kappa shape index (κ2) is 7.23. The first kappa shape index (κ1) is 13.9. The number of carbonyl (C=O) groups excluding carboxylic acids is 1. The maximum atomic E-state index is 9.60. The van der Waals surface area contributed by atoms with Crippen molar-refractivity contribution in [1.29, 1.82) is 0 Å². The molecule has 0 atom stereocenters. The van der Waals surface area contributed by atoms with Crippen LogP contribution in [0.2, 0.25) is 0 Å². The number of piperidine rings is 1. The predicted molar refractivity (Wildman–Crippen MR) is 61.7 cm³/mol. The molecule has 1 heterocycles. The Balaban J connectivity index is 0.000000241. The first-order valence-corrected chi connectivity index (χ1v) is 5.83. The maximum absolute atomic E-state index is 9.60. The number of hydrogen-bond acceptors (Lipinski definition) is 3. The topological polar surface area (TPSA) is 38.3 Å². The highest BCUT2D eigenvalue weighted by Crippen LogP contribution is 2.10. The fourth-order valence-electron chi connectivity index (χ4n) is 0.931. The standard InChI is InChI=1S/C5H10BrN.C5H10O2/c6-5-1-3-7-4-2-5;1-5(2,3)7-4-6/h5,7H,1-4H2;4H,1-3H3. The van der Waals surface area contributed by atoms with Gasteiger partial charge >= 0.3 is 0 Å². The van der Waals surface area contributed by atoms with Gasteiger partial charge in [-0.3, -0.25) is 4.79 Å². The number of hydrogen-bond donors (Lipinski definition) is 1. The average molecular weight is 266 g/mol. The minimum absolute atomic E-state index is 0.318. The van der Waals surface area contributed by atoms with Gasteiger partial charge in [0.1, 0.15) is 5.60 Å². The van der Waals surface area contributed by atoms with E-state index in [2.05, 4.69) is 26.0 Å². The van der Waals surface area contributed by atoms with Crippen LogP contribution in [0.4, 0.5) is 0 Å².